The van der Waals surface area contributed by atoms with E-state index in [1.807, 2.05) is 42.2 Å². The summed E-state index contributed by atoms with van der Waals surface area (Å²) < 4.78 is 7.67. The first-order valence-corrected chi connectivity index (χ1v) is 12.6. The fraction of sp³-hybridized carbons (Fsp3) is 0.385. The van der Waals surface area contributed by atoms with E-state index in [1.54, 1.807) is 0 Å². The van der Waals surface area contributed by atoms with Gasteiger partial charge in [-0.05, 0) is 37.1 Å². The van der Waals surface area contributed by atoms with Crippen LogP contribution in [0.2, 0.25) is 0 Å². The Balaban J connectivity index is 1.40. The first-order chi connectivity index (χ1) is 16.5. The average molecular weight is 479 g/mol. The van der Waals surface area contributed by atoms with Crippen LogP contribution in [0.25, 0.3) is 10.4 Å². The fourth-order valence-electron chi connectivity index (χ4n) is 4.84. The predicted molar refractivity (Wildman–Crippen MR) is 134 cm³/mol. The van der Waals surface area contributed by atoms with Crippen molar-refractivity contribution in [3.63, 3.8) is 0 Å². The Kier molecular flexibility index (Phi) is 6.54. The van der Waals surface area contributed by atoms with Crippen molar-refractivity contribution < 1.29 is 14.3 Å². The van der Waals surface area contributed by atoms with Crippen LogP contribution in [0, 0.1) is 6.92 Å². The number of nitrogens with zero attached hydrogens (tertiary/aromatic N) is 3. The summed E-state index contributed by atoms with van der Waals surface area (Å²) in [5.74, 6) is -0.137. The maximum absolute atomic E-state index is 13.5. The molecule has 0 spiro atoms. The predicted octanol–water partition coefficient (Wildman–Crippen LogP) is 4.01. The van der Waals surface area contributed by atoms with Crippen LogP contribution in [0.3, 0.4) is 0 Å². The third kappa shape index (κ3) is 4.41. The molecule has 2 aliphatic rings. The van der Waals surface area contributed by atoms with Crippen molar-refractivity contribution >= 4 is 28.2 Å². The molecule has 1 atom stereocenters. The highest BCUT2D eigenvalue weighted by atomic mass is 32.1. The third-order valence-electron chi connectivity index (χ3n) is 6.76. The van der Waals surface area contributed by atoms with Crippen LogP contribution < -0.4 is 5.32 Å². The summed E-state index contributed by atoms with van der Waals surface area (Å²) in [5.41, 5.74) is 3.78. The fourth-order valence-corrected chi connectivity index (χ4v) is 6.06. The summed E-state index contributed by atoms with van der Waals surface area (Å²) in [6.07, 6.45) is 2.09. The zero-order chi connectivity index (χ0) is 23.7. The molecule has 4 heterocycles. The maximum Gasteiger partial charge on any atom is 0.257 e. The van der Waals surface area contributed by atoms with Gasteiger partial charge < -0.3 is 19.5 Å². The molecule has 0 bridgehead atoms. The van der Waals surface area contributed by atoms with Gasteiger partial charge in [0.15, 0.2) is 0 Å². The molecular formula is C26H30N4O3S. The highest BCUT2D eigenvalue weighted by Gasteiger charge is 2.29. The first kappa shape index (κ1) is 22.8. The Hall–Kier alpha value is -2.94. The Labute approximate surface area is 203 Å². The van der Waals surface area contributed by atoms with Gasteiger partial charge >= 0.3 is 0 Å². The number of hydrogen-bond donors (Lipinski definition) is 1. The van der Waals surface area contributed by atoms with Crippen LogP contribution in [-0.4, -0.2) is 65.6 Å². The number of carbonyl (C=O) groups excluding carboxylic acids is 2. The van der Waals surface area contributed by atoms with Crippen molar-refractivity contribution in [1.82, 2.24) is 14.4 Å². The number of morpholine rings is 1. The van der Waals surface area contributed by atoms with E-state index in [2.05, 4.69) is 40.0 Å². The number of carbonyl (C=O) groups is 2. The van der Waals surface area contributed by atoms with Gasteiger partial charge in [0.2, 0.25) is 5.91 Å². The van der Waals surface area contributed by atoms with Gasteiger partial charge in [0.1, 0.15) is 5.00 Å². The van der Waals surface area contributed by atoms with Crippen LogP contribution >= 0.6 is 11.3 Å². The molecule has 0 aliphatic carbocycles. The number of nitrogens with one attached hydrogen (secondary N) is 1. The lowest BCUT2D eigenvalue weighted by Crippen LogP contribution is -2.42. The lowest BCUT2D eigenvalue weighted by atomic mass is 10.1. The van der Waals surface area contributed by atoms with Gasteiger partial charge in [-0.15, -0.1) is 11.3 Å². The van der Waals surface area contributed by atoms with Gasteiger partial charge in [-0.25, -0.2) is 0 Å². The van der Waals surface area contributed by atoms with Crippen molar-refractivity contribution in [2.45, 2.75) is 26.4 Å². The highest BCUT2D eigenvalue weighted by molar-refractivity contribution is 7.20. The number of amides is 2. The molecular weight excluding hydrogens is 448 g/mol. The van der Waals surface area contributed by atoms with Crippen molar-refractivity contribution in [2.24, 2.45) is 0 Å². The zero-order valence-corrected chi connectivity index (χ0v) is 20.4. The molecule has 1 fully saturated rings. The summed E-state index contributed by atoms with van der Waals surface area (Å²) in [6, 6.07) is 14.4. The first-order valence-electron chi connectivity index (χ1n) is 11.8. The molecule has 5 rings (SSSR count). The Morgan fingerprint density at radius 3 is 2.59 bits per heavy atom. The van der Waals surface area contributed by atoms with E-state index < -0.39 is 0 Å². The summed E-state index contributed by atoms with van der Waals surface area (Å²) in [7, 11) is 0. The number of fused-ring (bicyclic) bond motifs is 1. The molecule has 1 N–H and O–H groups in total. The molecule has 8 heteroatoms. The molecule has 0 radical (unpaired) electrons. The zero-order valence-electron chi connectivity index (χ0n) is 19.6. The molecule has 34 heavy (non-hydrogen) atoms. The van der Waals surface area contributed by atoms with Gasteiger partial charge in [0.05, 0.1) is 25.3 Å². The smallest absolute Gasteiger partial charge is 0.257 e. The van der Waals surface area contributed by atoms with Crippen molar-refractivity contribution in [2.75, 3.05) is 44.7 Å². The summed E-state index contributed by atoms with van der Waals surface area (Å²) >= 11 is 1.48. The van der Waals surface area contributed by atoms with E-state index in [1.165, 1.54) is 17.0 Å². The minimum atomic E-state index is -0.0938. The molecule has 2 aromatic heterocycles. The number of benzene rings is 1. The Morgan fingerprint density at radius 1 is 1.06 bits per heavy atom. The van der Waals surface area contributed by atoms with Crippen LogP contribution in [0.15, 0.2) is 48.7 Å². The van der Waals surface area contributed by atoms with Gasteiger partial charge in [0.25, 0.3) is 5.91 Å². The number of ether oxygens (including phenoxy) is 1. The normalized spacial score (nSPS) is 18.5. The minimum Gasteiger partial charge on any atom is -0.378 e. The van der Waals surface area contributed by atoms with E-state index in [4.69, 9.17) is 4.74 Å². The Bertz CT molecular complexity index is 1180. The summed E-state index contributed by atoms with van der Waals surface area (Å²) in [6.45, 7) is 8.28. The molecule has 2 aliphatic heterocycles. The second-order valence-electron chi connectivity index (χ2n) is 8.85. The van der Waals surface area contributed by atoms with Gasteiger partial charge in [-0.1, -0.05) is 30.3 Å². The molecule has 7 nitrogen and oxygen atoms in total. The highest BCUT2D eigenvalue weighted by Crippen LogP contribution is 2.40. The number of thiophene rings is 1. The van der Waals surface area contributed by atoms with Gasteiger partial charge in [0, 0.05) is 49.0 Å². The minimum absolute atomic E-state index is 0.0429. The van der Waals surface area contributed by atoms with E-state index in [0.717, 1.165) is 29.1 Å². The number of hydrogen-bond acceptors (Lipinski definition) is 5. The van der Waals surface area contributed by atoms with Gasteiger partial charge in [-0.3, -0.25) is 14.5 Å². The number of aromatic nitrogens is 1. The largest absolute Gasteiger partial charge is 0.378 e. The van der Waals surface area contributed by atoms with Crippen LogP contribution in [0.5, 0.6) is 0 Å². The second kappa shape index (κ2) is 9.74. The number of anilines is 1. The molecule has 1 unspecified atom stereocenters. The molecule has 0 saturated carbocycles. The van der Waals surface area contributed by atoms with Crippen molar-refractivity contribution in [1.29, 1.82) is 0 Å². The maximum atomic E-state index is 13.5. The molecule has 3 aromatic rings. The van der Waals surface area contributed by atoms with Crippen molar-refractivity contribution in [3.05, 3.63) is 65.5 Å². The standard InChI is InChI=1S/C26H30N4O3S/c1-18-23(26(32)29-13-15-33-16-14-29)25(34-24(18)20-7-4-3-5-8-20)27-22(31)17-30-12-11-28-10-6-9-21(28)19(30)2/h3-10,19H,11-17H2,1-2H3,(H,27,31). The SMILES string of the molecule is Cc1c(-c2ccccc2)sc(NC(=O)CN2CCn3cccc3C2C)c1C(=O)N1CCOCC1. The summed E-state index contributed by atoms with van der Waals surface area (Å²) in [4.78, 5) is 31.7. The lowest BCUT2D eigenvalue weighted by molar-refractivity contribution is -0.118. The van der Waals surface area contributed by atoms with Crippen LogP contribution in [0.4, 0.5) is 5.00 Å². The lowest BCUT2D eigenvalue weighted by Gasteiger charge is -2.34. The van der Waals surface area contributed by atoms with E-state index in [0.29, 0.717) is 36.9 Å². The van der Waals surface area contributed by atoms with Crippen molar-refractivity contribution in [3.8, 4) is 10.4 Å². The van der Waals surface area contributed by atoms with E-state index in [-0.39, 0.29) is 24.4 Å². The second-order valence-corrected chi connectivity index (χ2v) is 9.87. The number of rotatable bonds is 5. The molecule has 178 valence electrons. The third-order valence-corrected chi connectivity index (χ3v) is 8.02. The van der Waals surface area contributed by atoms with E-state index >= 15 is 0 Å². The Morgan fingerprint density at radius 2 is 1.82 bits per heavy atom. The monoisotopic (exact) mass is 478 g/mol. The van der Waals surface area contributed by atoms with Crippen LogP contribution in [-0.2, 0) is 16.1 Å². The topological polar surface area (TPSA) is 66.8 Å². The van der Waals surface area contributed by atoms with Crippen LogP contribution in [0.1, 0.15) is 34.6 Å². The average Bonchev–Trinajstić information content (AvgIpc) is 3.46. The van der Waals surface area contributed by atoms with Gasteiger partial charge in [-0.2, -0.15) is 0 Å². The van der Waals surface area contributed by atoms with E-state index in [9.17, 15) is 9.59 Å². The molecule has 1 aromatic carbocycles. The molecule has 1 saturated heterocycles. The quantitative estimate of drug-likeness (QED) is 0.602. The molecule has 2 amide bonds. The summed E-state index contributed by atoms with van der Waals surface area (Å²) in [5, 5.41) is 3.73.